The van der Waals surface area contributed by atoms with E-state index in [9.17, 15) is 9.18 Å². The lowest BCUT2D eigenvalue weighted by molar-refractivity contribution is -0.134. The third-order valence-corrected chi connectivity index (χ3v) is 5.63. The topological polar surface area (TPSA) is 38.1 Å². The van der Waals surface area contributed by atoms with Gasteiger partial charge in [0.1, 0.15) is 11.6 Å². The molecule has 0 radical (unpaired) electrons. The summed E-state index contributed by atoms with van der Waals surface area (Å²) in [6.07, 6.45) is 7.85. The van der Waals surface area contributed by atoms with Crippen LogP contribution in [0.4, 0.5) is 4.39 Å². The van der Waals surface area contributed by atoms with E-state index in [-0.39, 0.29) is 23.6 Å². The van der Waals surface area contributed by atoms with E-state index in [0.29, 0.717) is 5.92 Å². The highest BCUT2D eigenvalue weighted by Crippen LogP contribution is 2.48. The molecular formula is C20H24FN3O. The largest absolute Gasteiger partial charge is 0.342 e. The maximum Gasteiger partial charge on any atom is 0.226 e. The van der Waals surface area contributed by atoms with Gasteiger partial charge in [0.15, 0.2) is 0 Å². The maximum atomic E-state index is 13.1. The Hall–Kier alpha value is -2.17. The maximum absolute atomic E-state index is 13.1. The molecule has 2 fully saturated rings. The summed E-state index contributed by atoms with van der Waals surface area (Å²) in [6.45, 7) is 1.70. The van der Waals surface area contributed by atoms with Crippen molar-refractivity contribution in [3.63, 3.8) is 0 Å². The Balaban J connectivity index is 1.36. The number of nitrogens with zero attached hydrogens (tertiary/aromatic N) is 3. The average molecular weight is 341 g/mol. The van der Waals surface area contributed by atoms with Crippen molar-refractivity contribution in [2.45, 2.75) is 31.6 Å². The highest BCUT2D eigenvalue weighted by molar-refractivity contribution is 5.83. The van der Waals surface area contributed by atoms with Gasteiger partial charge in [0.2, 0.25) is 5.91 Å². The van der Waals surface area contributed by atoms with Crippen molar-refractivity contribution in [3.05, 3.63) is 53.9 Å². The fourth-order valence-corrected chi connectivity index (χ4v) is 4.06. The summed E-state index contributed by atoms with van der Waals surface area (Å²) in [6, 6.07) is 6.60. The molecule has 1 aliphatic carbocycles. The molecule has 1 aromatic heterocycles. The first-order valence-electron chi connectivity index (χ1n) is 9.12. The molecule has 0 bridgehead atoms. The molecule has 1 saturated heterocycles. The fourth-order valence-electron chi connectivity index (χ4n) is 4.06. The van der Waals surface area contributed by atoms with E-state index in [0.717, 1.165) is 50.2 Å². The summed E-state index contributed by atoms with van der Waals surface area (Å²) >= 11 is 0. The first kappa shape index (κ1) is 16.3. The van der Waals surface area contributed by atoms with Crippen LogP contribution in [0.25, 0.3) is 0 Å². The zero-order chi connectivity index (χ0) is 17.4. The lowest BCUT2D eigenvalue weighted by Crippen LogP contribution is -2.41. The van der Waals surface area contributed by atoms with Crippen LogP contribution in [0.1, 0.15) is 36.6 Å². The van der Waals surface area contributed by atoms with Crippen LogP contribution in [0.15, 0.2) is 36.7 Å². The van der Waals surface area contributed by atoms with Crippen LogP contribution in [0.3, 0.4) is 0 Å². The summed E-state index contributed by atoms with van der Waals surface area (Å²) in [5, 5.41) is 0. The molecule has 25 heavy (non-hydrogen) atoms. The van der Waals surface area contributed by atoms with Crippen molar-refractivity contribution in [1.82, 2.24) is 14.5 Å². The smallest absolute Gasteiger partial charge is 0.226 e. The molecule has 0 spiro atoms. The Kier molecular flexibility index (Phi) is 4.32. The van der Waals surface area contributed by atoms with Crippen molar-refractivity contribution < 1.29 is 9.18 Å². The number of rotatable bonds is 4. The first-order valence-corrected chi connectivity index (χ1v) is 9.12. The van der Waals surface area contributed by atoms with Crippen molar-refractivity contribution in [2.75, 3.05) is 13.1 Å². The lowest BCUT2D eigenvalue weighted by Gasteiger charge is -2.33. The minimum absolute atomic E-state index is 0.0809. The van der Waals surface area contributed by atoms with Gasteiger partial charge in [0.25, 0.3) is 0 Å². The number of aryl methyl sites for hydroxylation is 1. The van der Waals surface area contributed by atoms with Crippen LogP contribution in [-0.2, 0) is 18.3 Å². The van der Waals surface area contributed by atoms with E-state index in [4.69, 9.17) is 0 Å². The minimum Gasteiger partial charge on any atom is -0.342 e. The van der Waals surface area contributed by atoms with Gasteiger partial charge in [-0.3, -0.25) is 4.79 Å². The zero-order valence-corrected chi connectivity index (χ0v) is 14.6. The molecule has 2 aliphatic rings. The molecule has 1 aromatic carbocycles. The molecule has 0 unspecified atom stereocenters. The second-order valence-corrected chi connectivity index (χ2v) is 7.45. The number of piperidine rings is 1. The quantitative estimate of drug-likeness (QED) is 0.857. The highest BCUT2D eigenvalue weighted by atomic mass is 19.1. The Labute approximate surface area is 147 Å². The SMILES string of the molecule is Cn1ccnc1C[C@@H]1CCCN(C(=O)[C@@H]2C[C@@H]2c2ccc(F)cc2)C1. The second kappa shape index (κ2) is 6.62. The summed E-state index contributed by atoms with van der Waals surface area (Å²) in [4.78, 5) is 19.3. The molecule has 2 aromatic rings. The lowest BCUT2D eigenvalue weighted by atomic mass is 9.94. The standard InChI is InChI=1S/C20H24FN3O/c1-23-10-8-22-19(23)11-14-3-2-9-24(13-14)20(25)18-12-17(18)15-4-6-16(21)7-5-15/h4-8,10,14,17-18H,2-3,9,11-13H2,1H3/t14-,17+,18+/m0/s1. The monoisotopic (exact) mass is 341 g/mol. The Bertz CT molecular complexity index is 755. The second-order valence-electron chi connectivity index (χ2n) is 7.45. The summed E-state index contributed by atoms with van der Waals surface area (Å²) in [7, 11) is 2.02. The van der Waals surface area contributed by atoms with E-state index < -0.39 is 0 Å². The number of aromatic nitrogens is 2. The fraction of sp³-hybridized carbons (Fsp3) is 0.500. The Morgan fingerprint density at radius 1 is 1.32 bits per heavy atom. The van der Waals surface area contributed by atoms with Gasteiger partial charge in [-0.25, -0.2) is 9.37 Å². The normalized spacial score (nSPS) is 25.8. The third-order valence-electron chi connectivity index (χ3n) is 5.63. The summed E-state index contributed by atoms with van der Waals surface area (Å²) in [5.41, 5.74) is 1.08. The Morgan fingerprint density at radius 3 is 2.84 bits per heavy atom. The van der Waals surface area contributed by atoms with Gasteiger partial charge in [0.05, 0.1) is 0 Å². The molecule has 2 heterocycles. The molecule has 1 saturated carbocycles. The number of hydrogen-bond acceptors (Lipinski definition) is 2. The van der Waals surface area contributed by atoms with Gasteiger partial charge < -0.3 is 9.47 Å². The van der Waals surface area contributed by atoms with Crippen LogP contribution in [0.2, 0.25) is 0 Å². The molecule has 3 atom stereocenters. The van der Waals surface area contributed by atoms with Gasteiger partial charge in [-0.15, -0.1) is 0 Å². The predicted octanol–water partition coefficient (Wildman–Crippen LogP) is 3.14. The molecular weight excluding hydrogens is 317 g/mol. The number of halogens is 1. The van der Waals surface area contributed by atoms with E-state index in [1.54, 1.807) is 0 Å². The molecule has 4 rings (SSSR count). The van der Waals surface area contributed by atoms with Crippen LogP contribution >= 0.6 is 0 Å². The van der Waals surface area contributed by atoms with E-state index >= 15 is 0 Å². The van der Waals surface area contributed by atoms with Crippen LogP contribution in [0, 0.1) is 17.7 Å². The van der Waals surface area contributed by atoms with Gasteiger partial charge >= 0.3 is 0 Å². The Morgan fingerprint density at radius 2 is 2.12 bits per heavy atom. The summed E-state index contributed by atoms with van der Waals surface area (Å²) in [5.74, 6) is 1.98. The van der Waals surface area contributed by atoms with Crippen LogP contribution in [-0.4, -0.2) is 33.4 Å². The molecule has 0 N–H and O–H groups in total. The number of imidazole rings is 1. The van der Waals surface area contributed by atoms with Crippen molar-refractivity contribution in [2.24, 2.45) is 18.9 Å². The third kappa shape index (κ3) is 3.46. The average Bonchev–Trinajstić information content (AvgIpc) is 3.32. The number of carbonyl (C=O) groups excluding carboxylic acids is 1. The number of hydrogen-bond donors (Lipinski definition) is 0. The van der Waals surface area contributed by atoms with Crippen LogP contribution in [0.5, 0.6) is 0 Å². The van der Waals surface area contributed by atoms with E-state index in [2.05, 4.69) is 9.55 Å². The highest BCUT2D eigenvalue weighted by Gasteiger charge is 2.46. The van der Waals surface area contributed by atoms with Crippen molar-refractivity contribution in [3.8, 4) is 0 Å². The van der Waals surface area contributed by atoms with Gasteiger partial charge in [-0.05, 0) is 48.8 Å². The van der Waals surface area contributed by atoms with E-state index in [1.807, 2.05) is 36.5 Å². The van der Waals surface area contributed by atoms with Crippen LogP contribution < -0.4 is 0 Å². The molecule has 132 valence electrons. The van der Waals surface area contributed by atoms with E-state index in [1.165, 1.54) is 12.1 Å². The van der Waals surface area contributed by atoms with Gasteiger partial charge in [0, 0.05) is 44.9 Å². The first-order chi connectivity index (χ1) is 12.1. The number of likely N-dealkylation sites (tertiary alicyclic amines) is 1. The minimum atomic E-state index is -0.222. The predicted molar refractivity (Wildman–Crippen MR) is 93.5 cm³/mol. The number of amides is 1. The molecule has 1 amide bonds. The number of benzene rings is 1. The van der Waals surface area contributed by atoms with Crippen molar-refractivity contribution >= 4 is 5.91 Å². The van der Waals surface area contributed by atoms with Gasteiger partial charge in [-0.1, -0.05) is 12.1 Å². The molecule has 4 nitrogen and oxygen atoms in total. The molecule has 1 aliphatic heterocycles. The zero-order valence-electron chi connectivity index (χ0n) is 14.6. The van der Waals surface area contributed by atoms with Crippen molar-refractivity contribution in [1.29, 1.82) is 0 Å². The summed E-state index contributed by atoms with van der Waals surface area (Å²) < 4.78 is 15.1. The number of carbonyl (C=O) groups is 1. The van der Waals surface area contributed by atoms with Gasteiger partial charge in [-0.2, -0.15) is 0 Å². The molecule has 5 heteroatoms.